The number of aryl methyl sites for hydroxylation is 2. The van der Waals surface area contributed by atoms with Gasteiger partial charge in [-0.25, -0.2) is 0 Å². The fourth-order valence-electron chi connectivity index (χ4n) is 4.45. The van der Waals surface area contributed by atoms with Crippen LogP contribution in [-0.2, 0) is 19.4 Å². The van der Waals surface area contributed by atoms with Gasteiger partial charge in [-0.15, -0.1) is 0 Å². The van der Waals surface area contributed by atoms with E-state index in [1.54, 1.807) is 18.0 Å². The predicted molar refractivity (Wildman–Crippen MR) is 139 cm³/mol. The summed E-state index contributed by atoms with van der Waals surface area (Å²) >= 11 is 3.47. The van der Waals surface area contributed by atoms with E-state index in [1.807, 2.05) is 66.7 Å². The van der Waals surface area contributed by atoms with Crippen LogP contribution in [0.5, 0.6) is 5.75 Å². The summed E-state index contributed by atoms with van der Waals surface area (Å²) in [5, 5.41) is 12.9. The summed E-state index contributed by atoms with van der Waals surface area (Å²) in [7, 11) is 1.80. The number of fused-ring (bicyclic) bond motifs is 2. The minimum absolute atomic E-state index is 0.144. The number of phenols is 1. The van der Waals surface area contributed by atoms with Gasteiger partial charge in [0, 0.05) is 24.5 Å². The molecule has 5 aromatic rings. The monoisotopic (exact) mass is 513 g/mol. The van der Waals surface area contributed by atoms with E-state index < -0.39 is 0 Å². The smallest absolute Gasteiger partial charge is 0.289 e. The Morgan fingerprint density at radius 3 is 2.41 bits per heavy atom. The summed E-state index contributed by atoms with van der Waals surface area (Å²) in [5.74, 6) is 0.451. The minimum Gasteiger partial charge on any atom is -0.507 e. The summed E-state index contributed by atoms with van der Waals surface area (Å²) in [5.41, 5.74) is 3.90. The highest BCUT2D eigenvalue weighted by atomic mass is 79.9. The number of hydrogen-bond donors (Lipinski definition) is 1. The third kappa shape index (κ3) is 4.19. The number of amides is 1. The topological polar surface area (TPSA) is 53.7 Å². The highest BCUT2D eigenvalue weighted by Crippen LogP contribution is 2.34. The van der Waals surface area contributed by atoms with Crippen molar-refractivity contribution >= 4 is 43.6 Å². The van der Waals surface area contributed by atoms with E-state index in [-0.39, 0.29) is 11.7 Å². The molecule has 4 nitrogen and oxygen atoms in total. The summed E-state index contributed by atoms with van der Waals surface area (Å²) in [6.07, 6.45) is 1.55. The molecule has 0 saturated carbocycles. The first kappa shape index (κ1) is 22.2. The molecular weight excluding hydrogens is 490 g/mol. The Hall–Kier alpha value is -3.57. The second-order valence-corrected chi connectivity index (χ2v) is 9.26. The maximum Gasteiger partial charge on any atom is 0.289 e. The molecule has 0 saturated heterocycles. The average Bonchev–Trinajstić information content (AvgIpc) is 3.24. The van der Waals surface area contributed by atoms with Gasteiger partial charge >= 0.3 is 0 Å². The largest absolute Gasteiger partial charge is 0.507 e. The van der Waals surface area contributed by atoms with Crippen molar-refractivity contribution in [2.24, 2.45) is 0 Å². The molecule has 5 rings (SSSR count). The van der Waals surface area contributed by atoms with Gasteiger partial charge < -0.3 is 14.4 Å². The molecule has 0 unspecified atom stereocenters. The maximum absolute atomic E-state index is 13.6. The van der Waals surface area contributed by atoms with E-state index in [4.69, 9.17) is 4.42 Å². The van der Waals surface area contributed by atoms with Crippen LogP contribution in [0.15, 0.2) is 93.8 Å². The van der Waals surface area contributed by atoms with Crippen molar-refractivity contribution in [3.8, 4) is 5.75 Å². The number of halogens is 1. The van der Waals surface area contributed by atoms with Crippen LogP contribution >= 0.6 is 15.9 Å². The molecule has 0 aliphatic carbocycles. The Balaban J connectivity index is 1.46. The van der Waals surface area contributed by atoms with Crippen LogP contribution in [0.4, 0.5) is 0 Å². The van der Waals surface area contributed by atoms with Gasteiger partial charge in [0.25, 0.3) is 5.91 Å². The molecule has 0 atom stereocenters. The summed E-state index contributed by atoms with van der Waals surface area (Å²) in [6.45, 7) is 0.419. The quantitative estimate of drug-likeness (QED) is 0.263. The zero-order chi connectivity index (χ0) is 23.7. The van der Waals surface area contributed by atoms with E-state index in [2.05, 4.69) is 28.1 Å². The molecule has 5 heteroatoms. The molecule has 0 aliphatic heterocycles. The van der Waals surface area contributed by atoms with Crippen LogP contribution in [0, 0.1) is 0 Å². The Morgan fingerprint density at radius 1 is 0.853 bits per heavy atom. The maximum atomic E-state index is 13.6. The zero-order valence-electron chi connectivity index (χ0n) is 18.8. The van der Waals surface area contributed by atoms with Gasteiger partial charge in [-0.05, 0) is 62.8 Å². The molecule has 0 spiro atoms. The summed E-state index contributed by atoms with van der Waals surface area (Å²) in [4.78, 5) is 15.3. The number of aromatic hydroxyl groups is 1. The minimum atomic E-state index is -0.144. The highest BCUT2D eigenvalue weighted by Gasteiger charge is 2.24. The normalized spacial score (nSPS) is 11.2. The van der Waals surface area contributed by atoms with Crippen LogP contribution in [-0.4, -0.2) is 23.0 Å². The third-order valence-corrected chi connectivity index (χ3v) is 7.05. The second kappa shape index (κ2) is 9.35. The van der Waals surface area contributed by atoms with Crippen molar-refractivity contribution in [2.45, 2.75) is 19.4 Å². The van der Waals surface area contributed by atoms with Crippen molar-refractivity contribution in [2.75, 3.05) is 7.05 Å². The average molecular weight is 514 g/mol. The molecule has 1 aromatic heterocycles. The number of phenolic OH excluding ortho intramolecular Hbond substituents is 1. The second-order valence-electron chi connectivity index (χ2n) is 8.46. The number of furan rings is 1. The fourth-order valence-corrected chi connectivity index (χ4v) is 4.92. The Labute approximate surface area is 206 Å². The lowest BCUT2D eigenvalue weighted by molar-refractivity contribution is 0.0755. The number of rotatable bonds is 6. The van der Waals surface area contributed by atoms with Crippen molar-refractivity contribution in [1.82, 2.24) is 4.90 Å². The first-order chi connectivity index (χ1) is 16.5. The number of carbonyl (C=O) groups is 1. The Bertz CT molecular complexity index is 1490. The standard InChI is InChI=1S/C29H24BrNO3/c1-31(18-20-10-7-12-23-21(20)16-17-25(32)27(23)30)29(33)28-24(15-14-19-8-3-2-4-9-19)22-11-5-6-13-26(22)34-28/h2-13,16-17,32H,14-15,18H2,1H3. The van der Waals surface area contributed by atoms with Crippen molar-refractivity contribution in [3.63, 3.8) is 0 Å². The molecule has 34 heavy (non-hydrogen) atoms. The van der Waals surface area contributed by atoms with Gasteiger partial charge in [0.15, 0.2) is 5.76 Å². The predicted octanol–water partition coefficient (Wildman–Crippen LogP) is 7.11. The number of para-hydroxylation sites is 1. The first-order valence-electron chi connectivity index (χ1n) is 11.2. The molecule has 0 radical (unpaired) electrons. The Kier molecular flexibility index (Phi) is 6.12. The number of hydrogen-bond acceptors (Lipinski definition) is 3. The summed E-state index contributed by atoms with van der Waals surface area (Å²) in [6, 6.07) is 27.6. The zero-order valence-corrected chi connectivity index (χ0v) is 20.4. The van der Waals surface area contributed by atoms with Crippen molar-refractivity contribution < 1.29 is 14.3 Å². The van der Waals surface area contributed by atoms with Crippen LogP contribution in [0.2, 0.25) is 0 Å². The molecule has 4 aromatic carbocycles. The Morgan fingerprint density at radius 2 is 1.59 bits per heavy atom. The van der Waals surface area contributed by atoms with Crippen LogP contribution in [0.25, 0.3) is 21.7 Å². The van der Waals surface area contributed by atoms with Gasteiger partial charge in [-0.1, -0.05) is 72.8 Å². The lowest BCUT2D eigenvalue weighted by atomic mass is 10.0. The van der Waals surface area contributed by atoms with Gasteiger partial charge in [0.2, 0.25) is 0 Å². The van der Waals surface area contributed by atoms with E-state index in [0.717, 1.165) is 45.7 Å². The fraction of sp³-hybridized carbons (Fsp3) is 0.138. The van der Waals surface area contributed by atoms with E-state index in [9.17, 15) is 9.90 Å². The lowest BCUT2D eigenvalue weighted by Gasteiger charge is -2.18. The van der Waals surface area contributed by atoms with Crippen LogP contribution < -0.4 is 0 Å². The molecule has 0 aliphatic rings. The number of carbonyl (C=O) groups excluding carboxylic acids is 1. The van der Waals surface area contributed by atoms with E-state index in [0.29, 0.717) is 16.8 Å². The highest BCUT2D eigenvalue weighted by molar-refractivity contribution is 9.10. The van der Waals surface area contributed by atoms with Crippen LogP contribution in [0.1, 0.15) is 27.2 Å². The molecule has 0 bridgehead atoms. The molecular formula is C29H24BrNO3. The summed E-state index contributed by atoms with van der Waals surface area (Å²) < 4.78 is 6.75. The third-order valence-electron chi connectivity index (χ3n) is 6.22. The van der Waals surface area contributed by atoms with E-state index in [1.165, 1.54) is 5.56 Å². The van der Waals surface area contributed by atoms with Crippen LogP contribution in [0.3, 0.4) is 0 Å². The van der Waals surface area contributed by atoms with Crippen molar-refractivity contribution in [3.05, 3.63) is 112 Å². The number of nitrogens with zero attached hydrogens (tertiary/aromatic N) is 1. The van der Waals surface area contributed by atoms with Gasteiger partial charge in [0.05, 0.1) is 4.47 Å². The van der Waals surface area contributed by atoms with Crippen molar-refractivity contribution in [1.29, 1.82) is 0 Å². The SMILES string of the molecule is CN(Cc1cccc2c(Br)c(O)ccc12)C(=O)c1oc2ccccc2c1CCc1ccccc1. The molecule has 0 fully saturated rings. The molecule has 1 amide bonds. The molecule has 1 N–H and O–H groups in total. The molecule has 1 heterocycles. The van der Waals surface area contributed by atoms with Gasteiger partial charge in [0.1, 0.15) is 11.3 Å². The first-order valence-corrected chi connectivity index (χ1v) is 12.0. The molecule has 170 valence electrons. The lowest BCUT2D eigenvalue weighted by Crippen LogP contribution is -2.26. The number of benzene rings is 4. The van der Waals surface area contributed by atoms with Gasteiger partial charge in [-0.3, -0.25) is 4.79 Å². The van der Waals surface area contributed by atoms with Gasteiger partial charge in [-0.2, -0.15) is 0 Å². The van der Waals surface area contributed by atoms with E-state index >= 15 is 0 Å².